The predicted octanol–water partition coefficient (Wildman–Crippen LogP) is 4.67. The van der Waals surface area contributed by atoms with Crippen LogP contribution in [-0.2, 0) is 11.0 Å². The van der Waals surface area contributed by atoms with Gasteiger partial charge < -0.3 is 10.2 Å². The fourth-order valence-electron chi connectivity index (χ4n) is 2.06. The molecule has 1 rings (SSSR count). The number of rotatable bonds is 8. The van der Waals surface area contributed by atoms with Crippen LogP contribution in [0.1, 0.15) is 32.8 Å². The normalized spacial score (nSPS) is 11.9. The summed E-state index contributed by atoms with van der Waals surface area (Å²) in [7, 11) is -1.72. The fraction of sp³-hybridized carbons (Fsp3) is 0.524. The van der Waals surface area contributed by atoms with E-state index in [0.29, 0.717) is 13.2 Å². The third kappa shape index (κ3) is 7.48. The molecule has 0 fully saturated rings. The Morgan fingerprint density at radius 1 is 1.24 bits per heavy atom. The topological polar surface area (TPSA) is 38.5 Å². The second-order valence-electron chi connectivity index (χ2n) is 7.89. The second-order valence-corrected chi connectivity index (χ2v) is 12.7. The van der Waals surface area contributed by atoms with E-state index in [9.17, 15) is 0 Å². The number of hydrogen-bond donors (Lipinski definition) is 1. The van der Waals surface area contributed by atoms with Gasteiger partial charge in [0.15, 0.2) is 8.32 Å². The summed E-state index contributed by atoms with van der Waals surface area (Å²) in [5, 5.41) is 0.218. The lowest BCUT2D eigenvalue weighted by molar-refractivity contribution is 0.304. The van der Waals surface area contributed by atoms with Gasteiger partial charge in [-0.05, 0) is 36.2 Å². The van der Waals surface area contributed by atoms with E-state index in [4.69, 9.17) is 10.2 Å². The van der Waals surface area contributed by atoms with Crippen LogP contribution in [-0.4, -0.2) is 32.9 Å². The highest BCUT2D eigenvalue weighted by Gasteiger charge is 2.36. The van der Waals surface area contributed by atoms with Gasteiger partial charge in [-0.3, -0.25) is 4.90 Å². The summed E-state index contributed by atoms with van der Waals surface area (Å²) in [4.78, 5) is 2.30. The van der Waals surface area contributed by atoms with Crippen molar-refractivity contribution in [3.63, 3.8) is 0 Å². The highest BCUT2D eigenvalue weighted by Crippen LogP contribution is 2.36. The van der Waals surface area contributed by atoms with E-state index < -0.39 is 8.32 Å². The van der Waals surface area contributed by atoms with E-state index in [-0.39, 0.29) is 5.04 Å². The standard InChI is InChI=1S/C21H34N2OSi/c1-7-8-15-23(18-19-13-9-10-14-20(19)22)16-11-12-17-24-25(5,6)21(2,3)4/h7,9-10,13-14H,1,8,15-18,22H2,2-6H3. The molecule has 138 valence electrons. The minimum Gasteiger partial charge on any atom is -0.406 e. The van der Waals surface area contributed by atoms with Gasteiger partial charge in [0.1, 0.15) is 0 Å². The van der Waals surface area contributed by atoms with Crippen LogP contribution >= 0.6 is 0 Å². The maximum absolute atomic E-state index is 6.10. The Morgan fingerprint density at radius 3 is 2.52 bits per heavy atom. The number of nitrogens with zero attached hydrogens (tertiary/aromatic N) is 1. The molecule has 4 heteroatoms. The molecule has 0 heterocycles. The quantitative estimate of drug-likeness (QED) is 0.317. The Balaban J connectivity index is 2.60. The molecule has 0 amide bonds. The molecule has 1 aromatic rings. The van der Waals surface area contributed by atoms with Gasteiger partial charge in [-0.2, -0.15) is 0 Å². The third-order valence-electron chi connectivity index (χ3n) is 4.84. The van der Waals surface area contributed by atoms with Gasteiger partial charge in [0.2, 0.25) is 0 Å². The van der Waals surface area contributed by atoms with Crippen molar-refractivity contribution in [2.45, 2.75) is 51.9 Å². The molecule has 0 saturated carbocycles. The molecule has 0 aliphatic carbocycles. The lowest BCUT2D eigenvalue weighted by atomic mass is 10.1. The Hall–Kier alpha value is -1.54. The molecule has 0 radical (unpaired) electrons. The van der Waals surface area contributed by atoms with Gasteiger partial charge in [0.25, 0.3) is 0 Å². The first-order chi connectivity index (χ1) is 11.7. The minimum atomic E-state index is -1.72. The molecule has 0 atom stereocenters. The molecule has 1 aromatic carbocycles. The summed E-state index contributed by atoms with van der Waals surface area (Å²) in [5.74, 6) is 6.44. The first kappa shape index (κ1) is 21.5. The van der Waals surface area contributed by atoms with E-state index >= 15 is 0 Å². The van der Waals surface area contributed by atoms with E-state index in [1.807, 2.05) is 24.3 Å². The summed E-state index contributed by atoms with van der Waals surface area (Å²) in [6.07, 6.45) is 2.88. The Bertz CT molecular complexity index is 608. The molecule has 0 bridgehead atoms. The van der Waals surface area contributed by atoms with E-state index in [0.717, 1.165) is 30.8 Å². The fourth-order valence-corrected chi connectivity index (χ4v) is 2.92. The maximum atomic E-state index is 6.10. The molecule has 0 aliphatic rings. The zero-order chi connectivity index (χ0) is 18.9. The number of nitrogen functional groups attached to an aromatic ring is 1. The predicted molar refractivity (Wildman–Crippen MR) is 112 cm³/mol. The van der Waals surface area contributed by atoms with Crippen molar-refractivity contribution >= 4 is 14.0 Å². The number of benzene rings is 1. The first-order valence-corrected chi connectivity index (χ1v) is 11.8. The van der Waals surface area contributed by atoms with Crippen molar-refractivity contribution in [1.82, 2.24) is 4.90 Å². The van der Waals surface area contributed by atoms with Gasteiger partial charge in [0, 0.05) is 18.8 Å². The van der Waals surface area contributed by atoms with Crippen LogP contribution < -0.4 is 5.73 Å². The van der Waals surface area contributed by atoms with Crippen molar-refractivity contribution in [3.05, 3.63) is 42.5 Å². The average molecular weight is 359 g/mol. The molecule has 25 heavy (non-hydrogen) atoms. The molecule has 0 saturated heterocycles. The largest absolute Gasteiger partial charge is 0.406 e. The molecule has 0 aliphatic heterocycles. The molecular formula is C21H34N2OSi. The van der Waals surface area contributed by atoms with Crippen LogP contribution in [0.4, 0.5) is 5.69 Å². The van der Waals surface area contributed by atoms with Gasteiger partial charge in [-0.25, -0.2) is 0 Å². The number of anilines is 1. The summed E-state index contributed by atoms with van der Waals surface area (Å²) in [6.45, 7) is 18.0. The van der Waals surface area contributed by atoms with E-state index in [2.05, 4.69) is 63.3 Å². The van der Waals surface area contributed by atoms with Gasteiger partial charge in [0.05, 0.1) is 13.2 Å². The van der Waals surface area contributed by atoms with E-state index in [1.54, 1.807) is 0 Å². The molecular weight excluding hydrogens is 324 g/mol. The van der Waals surface area contributed by atoms with Crippen LogP contribution in [0, 0.1) is 11.8 Å². The van der Waals surface area contributed by atoms with Crippen molar-refractivity contribution < 1.29 is 4.43 Å². The highest BCUT2D eigenvalue weighted by molar-refractivity contribution is 6.74. The average Bonchev–Trinajstić information content (AvgIpc) is 2.52. The highest BCUT2D eigenvalue weighted by atomic mass is 28.4. The number of nitrogens with two attached hydrogens (primary N) is 1. The van der Waals surface area contributed by atoms with Crippen molar-refractivity contribution in [3.8, 4) is 11.8 Å². The lowest BCUT2D eigenvalue weighted by Gasteiger charge is -2.35. The molecule has 2 N–H and O–H groups in total. The Kier molecular flexibility index (Phi) is 8.44. The molecule has 0 spiro atoms. The minimum absolute atomic E-state index is 0.218. The van der Waals surface area contributed by atoms with Crippen molar-refractivity contribution in [2.24, 2.45) is 0 Å². The SMILES string of the molecule is C=CCCN(CC#CCO[Si](C)(C)C(C)(C)C)Cc1ccccc1N. The van der Waals surface area contributed by atoms with Crippen LogP contribution in [0.5, 0.6) is 0 Å². The maximum Gasteiger partial charge on any atom is 0.193 e. The van der Waals surface area contributed by atoms with Crippen molar-refractivity contribution in [2.75, 3.05) is 25.4 Å². The summed E-state index contributed by atoms with van der Waals surface area (Å²) in [6, 6.07) is 8.00. The smallest absolute Gasteiger partial charge is 0.193 e. The van der Waals surface area contributed by atoms with Crippen LogP contribution in [0.2, 0.25) is 18.1 Å². The van der Waals surface area contributed by atoms with Gasteiger partial charge >= 0.3 is 0 Å². The number of hydrogen-bond acceptors (Lipinski definition) is 3. The first-order valence-electron chi connectivity index (χ1n) is 8.93. The van der Waals surface area contributed by atoms with Crippen LogP contribution in [0.3, 0.4) is 0 Å². The summed E-state index contributed by atoms with van der Waals surface area (Å²) < 4.78 is 6.10. The van der Waals surface area contributed by atoms with Gasteiger partial charge in [-0.1, -0.05) is 56.9 Å². The van der Waals surface area contributed by atoms with Crippen LogP contribution in [0.25, 0.3) is 0 Å². The summed E-state index contributed by atoms with van der Waals surface area (Å²) >= 11 is 0. The Morgan fingerprint density at radius 2 is 1.92 bits per heavy atom. The lowest BCUT2D eigenvalue weighted by Crippen LogP contribution is -2.40. The monoisotopic (exact) mass is 358 g/mol. The number of para-hydroxylation sites is 1. The van der Waals surface area contributed by atoms with Crippen molar-refractivity contribution in [1.29, 1.82) is 0 Å². The molecule has 0 unspecified atom stereocenters. The summed E-state index contributed by atoms with van der Waals surface area (Å²) in [5.41, 5.74) is 8.04. The van der Waals surface area contributed by atoms with Gasteiger partial charge in [-0.15, -0.1) is 6.58 Å². The second kappa shape index (κ2) is 9.81. The third-order valence-corrected chi connectivity index (χ3v) is 9.32. The zero-order valence-electron chi connectivity index (χ0n) is 16.6. The van der Waals surface area contributed by atoms with E-state index in [1.165, 1.54) is 0 Å². The Labute approximate surface area is 155 Å². The molecule has 3 nitrogen and oxygen atoms in total. The van der Waals surface area contributed by atoms with Crippen LogP contribution in [0.15, 0.2) is 36.9 Å². The molecule has 0 aromatic heterocycles. The zero-order valence-corrected chi connectivity index (χ0v) is 17.6.